The summed E-state index contributed by atoms with van der Waals surface area (Å²) in [6, 6.07) is 0.329. The lowest BCUT2D eigenvalue weighted by molar-refractivity contribution is -0.157. The number of fused-ring (bicyclic) bond motifs is 2. The molecule has 0 N–H and O–H groups in total. The van der Waals surface area contributed by atoms with E-state index in [0.717, 1.165) is 38.6 Å². The van der Waals surface area contributed by atoms with E-state index in [0.29, 0.717) is 17.9 Å². The monoisotopic (exact) mass is 291 g/mol. The normalized spacial score (nSPS) is 34.2. The fourth-order valence-electron chi connectivity index (χ4n) is 4.13. The highest BCUT2D eigenvalue weighted by molar-refractivity contribution is 5.82. The molecule has 2 aliphatic carbocycles. The van der Waals surface area contributed by atoms with E-state index in [1.165, 1.54) is 6.42 Å². The largest absolute Gasteiger partial charge is 0.455 e. The molecule has 0 aromatic rings. The lowest BCUT2D eigenvalue weighted by Gasteiger charge is -2.35. The van der Waals surface area contributed by atoms with Gasteiger partial charge in [-0.3, -0.25) is 9.59 Å². The highest BCUT2D eigenvalue weighted by Crippen LogP contribution is 2.43. The van der Waals surface area contributed by atoms with Gasteiger partial charge >= 0.3 is 5.97 Å². The number of carbonyl (C=O) groups excluding carboxylic acids is 2. The Morgan fingerprint density at radius 3 is 2.76 bits per heavy atom. The summed E-state index contributed by atoms with van der Waals surface area (Å²) >= 11 is 0. The Morgan fingerprint density at radius 1 is 1.24 bits per heavy atom. The van der Waals surface area contributed by atoms with E-state index >= 15 is 0 Å². The molecule has 3 rings (SSSR count). The smallest absolute Gasteiger partial charge is 0.310 e. The molecule has 0 spiro atoms. The molecule has 3 aliphatic rings. The molecule has 21 heavy (non-hydrogen) atoms. The van der Waals surface area contributed by atoms with Crippen LogP contribution in [-0.4, -0.2) is 36.0 Å². The molecule has 4 heteroatoms. The fourth-order valence-corrected chi connectivity index (χ4v) is 4.13. The number of ether oxygens (including phenoxy) is 1. The van der Waals surface area contributed by atoms with Crippen molar-refractivity contribution < 1.29 is 14.3 Å². The first kappa shape index (κ1) is 14.6. The molecule has 0 aromatic heterocycles. The van der Waals surface area contributed by atoms with E-state index in [1.807, 2.05) is 4.90 Å². The Hall–Kier alpha value is -1.32. The maximum absolute atomic E-state index is 12.3. The molecular weight excluding hydrogens is 266 g/mol. The molecule has 0 radical (unpaired) electrons. The predicted octanol–water partition coefficient (Wildman–Crippen LogP) is 2.53. The molecule has 1 aliphatic heterocycles. The van der Waals surface area contributed by atoms with Crippen LogP contribution in [0.1, 0.15) is 45.4 Å². The number of carbonyl (C=O) groups is 2. The first-order valence-corrected chi connectivity index (χ1v) is 8.33. The van der Waals surface area contributed by atoms with Gasteiger partial charge in [0.25, 0.3) is 5.91 Å². The molecule has 2 fully saturated rings. The number of rotatable bonds is 4. The average Bonchev–Trinajstić information content (AvgIpc) is 3.15. The molecule has 4 nitrogen and oxygen atoms in total. The number of hydrogen-bond acceptors (Lipinski definition) is 3. The fraction of sp³-hybridized carbons (Fsp3) is 0.765. The molecule has 1 amide bonds. The molecule has 4 unspecified atom stereocenters. The lowest BCUT2D eigenvalue weighted by Crippen LogP contribution is -2.45. The summed E-state index contributed by atoms with van der Waals surface area (Å²) in [5.41, 5.74) is 0. The first-order valence-electron chi connectivity index (χ1n) is 8.33. The summed E-state index contributed by atoms with van der Waals surface area (Å²) in [6.45, 7) is 2.85. The van der Waals surface area contributed by atoms with E-state index in [2.05, 4.69) is 19.1 Å². The van der Waals surface area contributed by atoms with Gasteiger partial charge in [-0.05, 0) is 50.4 Å². The third-order valence-corrected chi connectivity index (χ3v) is 5.34. The number of allylic oxidation sites excluding steroid dienone is 2. The summed E-state index contributed by atoms with van der Waals surface area (Å²) in [6.07, 6.45) is 10.6. The Kier molecular flexibility index (Phi) is 4.32. The SMILES string of the molecule is CCC1CCCCN1C(=O)COC(=O)C1CC2C=CC1C2. The van der Waals surface area contributed by atoms with Gasteiger partial charge < -0.3 is 9.64 Å². The quantitative estimate of drug-likeness (QED) is 0.590. The zero-order valence-electron chi connectivity index (χ0n) is 12.8. The lowest BCUT2D eigenvalue weighted by atomic mass is 9.94. The van der Waals surface area contributed by atoms with E-state index in [4.69, 9.17) is 4.74 Å². The number of amides is 1. The van der Waals surface area contributed by atoms with Gasteiger partial charge in [-0.2, -0.15) is 0 Å². The van der Waals surface area contributed by atoms with Crippen LogP contribution in [0, 0.1) is 17.8 Å². The number of piperidine rings is 1. The molecule has 4 atom stereocenters. The second kappa shape index (κ2) is 6.20. The van der Waals surface area contributed by atoms with Gasteiger partial charge in [0, 0.05) is 12.6 Å². The second-order valence-corrected chi connectivity index (χ2v) is 6.64. The topological polar surface area (TPSA) is 46.6 Å². The summed E-state index contributed by atoms with van der Waals surface area (Å²) in [5, 5.41) is 0. The van der Waals surface area contributed by atoms with Crippen molar-refractivity contribution in [1.29, 1.82) is 0 Å². The van der Waals surface area contributed by atoms with Crippen molar-refractivity contribution >= 4 is 11.9 Å². The van der Waals surface area contributed by atoms with E-state index in [-0.39, 0.29) is 24.4 Å². The predicted molar refractivity (Wildman–Crippen MR) is 79.4 cm³/mol. The minimum Gasteiger partial charge on any atom is -0.455 e. The van der Waals surface area contributed by atoms with Crippen LogP contribution < -0.4 is 0 Å². The van der Waals surface area contributed by atoms with Gasteiger partial charge in [0.05, 0.1) is 5.92 Å². The van der Waals surface area contributed by atoms with Crippen LogP contribution in [0.2, 0.25) is 0 Å². The molecule has 116 valence electrons. The minimum absolute atomic E-state index is 0.0175. The van der Waals surface area contributed by atoms with Crippen molar-refractivity contribution in [3.63, 3.8) is 0 Å². The summed E-state index contributed by atoms with van der Waals surface area (Å²) in [4.78, 5) is 26.3. The number of esters is 1. The van der Waals surface area contributed by atoms with Crippen molar-refractivity contribution in [1.82, 2.24) is 4.90 Å². The number of hydrogen-bond donors (Lipinski definition) is 0. The van der Waals surface area contributed by atoms with Crippen molar-refractivity contribution in [2.75, 3.05) is 13.2 Å². The van der Waals surface area contributed by atoms with Crippen molar-refractivity contribution in [3.05, 3.63) is 12.2 Å². The third kappa shape index (κ3) is 2.99. The van der Waals surface area contributed by atoms with Gasteiger partial charge in [0.2, 0.25) is 0 Å². The number of likely N-dealkylation sites (tertiary alicyclic amines) is 1. The third-order valence-electron chi connectivity index (χ3n) is 5.34. The van der Waals surface area contributed by atoms with Crippen LogP contribution in [0.15, 0.2) is 12.2 Å². The zero-order chi connectivity index (χ0) is 14.8. The van der Waals surface area contributed by atoms with Crippen LogP contribution in [0.25, 0.3) is 0 Å². The Balaban J connectivity index is 1.49. The summed E-state index contributed by atoms with van der Waals surface area (Å²) in [5.74, 6) is 0.681. The van der Waals surface area contributed by atoms with Crippen LogP contribution in [0.3, 0.4) is 0 Å². The Bertz CT molecular complexity index is 445. The Labute approximate surface area is 126 Å². The highest BCUT2D eigenvalue weighted by Gasteiger charge is 2.41. The molecular formula is C17H25NO3. The van der Waals surface area contributed by atoms with Crippen LogP contribution >= 0.6 is 0 Å². The minimum atomic E-state index is -0.176. The van der Waals surface area contributed by atoms with Gasteiger partial charge in [-0.1, -0.05) is 19.1 Å². The van der Waals surface area contributed by atoms with E-state index in [9.17, 15) is 9.59 Å². The van der Waals surface area contributed by atoms with Gasteiger partial charge in [0.1, 0.15) is 0 Å². The molecule has 0 aromatic carbocycles. The molecule has 2 bridgehead atoms. The average molecular weight is 291 g/mol. The van der Waals surface area contributed by atoms with Crippen LogP contribution in [-0.2, 0) is 14.3 Å². The van der Waals surface area contributed by atoms with Gasteiger partial charge in [-0.25, -0.2) is 0 Å². The molecule has 1 saturated heterocycles. The number of nitrogens with zero attached hydrogens (tertiary/aromatic N) is 1. The van der Waals surface area contributed by atoms with Crippen LogP contribution in [0.4, 0.5) is 0 Å². The van der Waals surface area contributed by atoms with Gasteiger partial charge in [-0.15, -0.1) is 0 Å². The zero-order valence-corrected chi connectivity index (χ0v) is 12.8. The molecule has 1 saturated carbocycles. The summed E-state index contributed by atoms with van der Waals surface area (Å²) < 4.78 is 5.32. The van der Waals surface area contributed by atoms with Crippen molar-refractivity contribution in [2.24, 2.45) is 17.8 Å². The van der Waals surface area contributed by atoms with E-state index < -0.39 is 0 Å². The van der Waals surface area contributed by atoms with E-state index in [1.54, 1.807) is 0 Å². The van der Waals surface area contributed by atoms with Crippen LogP contribution in [0.5, 0.6) is 0 Å². The highest BCUT2D eigenvalue weighted by atomic mass is 16.5. The molecule has 1 heterocycles. The first-order chi connectivity index (χ1) is 10.2. The van der Waals surface area contributed by atoms with Crippen molar-refractivity contribution in [3.8, 4) is 0 Å². The Morgan fingerprint density at radius 2 is 2.10 bits per heavy atom. The standard InChI is InChI=1S/C17H25NO3/c1-2-14-5-3-4-8-18(14)16(19)11-21-17(20)15-10-12-6-7-13(15)9-12/h6-7,12-15H,2-5,8-11H2,1H3. The maximum Gasteiger partial charge on any atom is 0.310 e. The maximum atomic E-state index is 12.3. The van der Waals surface area contributed by atoms with Gasteiger partial charge in [0.15, 0.2) is 6.61 Å². The summed E-state index contributed by atoms with van der Waals surface area (Å²) in [7, 11) is 0. The second-order valence-electron chi connectivity index (χ2n) is 6.64. The van der Waals surface area contributed by atoms with Crippen molar-refractivity contribution in [2.45, 2.75) is 51.5 Å².